The van der Waals surface area contributed by atoms with Gasteiger partial charge in [0.15, 0.2) is 19.7 Å². The summed E-state index contributed by atoms with van der Waals surface area (Å²) in [4.78, 5) is 17.6. The van der Waals surface area contributed by atoms with E-state index in [2.05, 4.69) is 11.1 Å². The number of sulfone groups is 2. The van der Waals surface area contributed by atoms with E-state index in [-0.39, 0.29) is 22.8 Å². The van der Waals surface area contributed by atoms with E-state index in [1.165, 1.54) is 0 Å². The Bertz CT molecular complexity index is 1650. The van der Waals surface area contributed by atoms with E-state index in [1.54, 1.807) is 19.2 Å². The lowest BCUT2D eigenvalue weighted by molar-refractivity contribution is -0.140. The minimum absolute atomic E-state index is 0.121. The van der Waals surface area contributed by atoms with Crippen molar-refractivity contribution in [1.82, 2.24) is 4.98 Å². The SMILES string of the molecule is CCCCS(=O)(=O)CC(COC(=O)CSc1nc(-c2ccc(OC)cc2)cc(-c2ccccc2)c1C#N)S(=O)(=O)CCCC. The number of hydrogen-bond acceptors (Lipinski definition) is 10. The van der Waals surface area contributed by atoms with Crippen LogP contribution in [0.2, 0.25) is 0 Å². The Morgan fingerprint density at radius 1 is 0.955 bits per heavy atom. The van der Waals surface area contributed by atoms with Gasteiger partial charge in [0, 0.05) is 11.1 Å². The maximum absolute atomic E-state index is 13.0. The standard InChI is InChI=1S/C32H38N2O7S3/c1-4-6-17-43(36,37)23-27(44(38,39)18-7-5-2)21-41-31(35)22-42-32-29(20-33)28(24-11-9-8-10-12-24)19-30(34-32)25-13-15-26(40-3)16-14-25/h8-16,19,27H,4-7,17-18,21-23H2,1-3H3. The molecule has 0 saturated carbocycles. The van der Waals surface area contributed by atoms with Gasteiger partial charge in [0.1, 0.15) is 28.7 Å². The molecule has 9 nitrogen and oxygen atoms in total. The lowest BCUT2D eigenvalue weighted by atomic mass is 9.99. The number of hydrogen-bond donors (Lipinski definition) is 0. The molecule has 44 heavy (non-hydrogen) atoms. The molecular weight excluding hydrogens is 621 g/mol. The number of aromatic nitrogens is 1. The summed E-state index contributed by atoms with van der Waals surface area (Å²) >= 11 is 1.00. The second-order valence-corrected chi connectivity index (χ2v) is 15.8. The number of carbonyl (C=O) groups excluding carboxylic acids is 1. The topological polar surface area (TPSA) is 140 Å². The Balaban J connectivity index is 1.85. The van der Waals surface area contributed by atoms with Crippen LogP contribution >= 0.6 is 11.8 Å². The van der Waals surface area contributed by atoms with E-state index in [0.29, 0.717) is 47.7 Å². The summed E-state index contributed by atoms with van der Waals surface area (Å²) in [6.45, 7) is 3.14. The number of benzene rings is 2. The molecule has 1 atom stereocenters. The first kappa shape index (κ1) is 35.1. The Morgan fingerprint density at radius 2 is 1.61 bits per heavy atom. The van der Waals surface area contributed by atoms with Crippen LogP contribution in [0.3, 0.4) is 0 Å². The fraction of sp³-hybridized carbons (Fsp3) is 0.406. The normalized spacial score (nSPS) is 12.3. The smallest absolute Gasteiger partial charge is 0.316 e. The third kappa shape index (κ3) is 10.1. The number of unbranched alkanes of at least 4 members (excludes halogenated alkanes) is 2. The third-order valence-corrected chi connectivity index (χ3v) is 12.0. The van der Waals surface area contributed by atoms with Gasteiger partial charge in [-0.05, 0) is 48.7 Å². The molecule has 0 saturated heterocycles. The third-order valence-electron chi connectivity index (χ3n) is 6.86. The molecule has 0 aliphatic rings. The van der Waals surface area contributed by atoms with Crippen molar-refractivity contribution in [2.45, 2.75) is 49.8 Å². The highest BCUT2D eigenvalue weighted by Gasteiger charge is 2.31. The van der Waals surface area contributed by atoms with E-state index < -0.39 is 43.3 Å². The molecule has 12 heteroatoms. The number of thioether (sulfide) groups is 1. The van der Waals surface area contributed by atoms with Gasteiger partial charge in [-0.1, -0.05) is 68.8 Å². The van der Waals surface area contributed by atoms with Crippen molar-refractivity contribution >= 4 is 37.4 Å². The minimum atomic E-state index is -3.82. The van der Waals surface area contributed by atoms with Crippen molar-refractivity contribution < 1.29 is 31.1 Å². The highest BCUT2D eigenvalue weighted by Crippen LogP contribution is 2.34. The summed E-state index contributed by atoms with van der Waals surface area (Å²) in [6.07, 6.45) is 2.09. The van der Waals surface area contributed by atoms with Crippen LogP contribution in [0.5, 0.6) is 5.75 Å². The molecule has 0 aliphatic heterocycles. The summed E-state index contributed by atoms with van der Waals surface area (Å²) in [7, 11) is -5.91. The summed E-state index contributed by atoms with van der Waals surface area (Å²) in [6, 6.07) is 20.7. The first-order valence-electron chi connectivity index (χ1n) is 14.4. The number of carbonyl (C=O) groups is 1. The number of esters is 1. The fourth-order valence-corrected chi connectivity index (χ4v) is 9.45. The first-order chi connectivity index (χ1) is 21.0. The molecule has 1 unspecified atom stereocenters. The van der Waals surface area contributed by atoms with Crippen molar-refractivity contribution in [1.29, 1.82) is 5.26 Å². The number of methoxy groups -OCH3 is 1. The zero-order chi connectivity index (χ0) is 32.2. The molecule has 0 bridgehead atoms. The summed E-state index contributed by atoms with van der Waals surface area (Å²) in [5, 5.41) is 9.07. The van der Waals surface area contributed by atoms with E-state index >= 15 is 0 Å². The van der Waals surface area contributed by atoms with Crippen LogP contribution in [0.15, 0.2) is 65.7 Å². The van der Waals surface area contributed by atoms with Gasteiger partial charge in [-0.3, -0.25) is 4.79 Å². The molecule has 0 spiro atoms. The molecule has 236 valence electrons. The van der Waals surface area contributed by atoms with Crippen LogP contribution in [0.25, 0.3) is 22.4 Å². The van der Waals surface area contributed by atoms with Gasteiger partial charge in [-0.2, -0.15) is 5.26 Å². The predicted molar refractivity (Wildman–Crippen MR) is 174 cm³/mol. The molecule has 1 aromatic heterocycles. The number of rotatable bonds is 17. The fourth-order valence-electron chi connectivity index (χ4n) is 4.34. The summed E-state index contributed by atoms with van der Waals surface area (Å²) < 4.78 is 61.8. The van der Waals surface area contributed by atoms with Crippen molar-refractivity contribution in [2.24, 2.45) is 0 Å². The van der Waals surface area contributed by atoms with Gasteiger partial charge in [-0.25, -0.2) is 21.8 Å². The van der Waals surface area contributed by atoms with Crippen molar-refractivity contribution in [3.8, 4) is 34.2 Å². The monoisotopic (exact) mass is 658 g/mol. The number of ether oxygens (including phenoxy) is 2. The summed E-state index contributed by atoms with van der Waals surface area (Å²) in [5.41, 5.74) is 3.09. The van der Waals surface area contributed by atoms with Gasteiger partial charge in [0.25, 0.3) is 0 Å². The molecule has 0 fully saturated rings. The zero-order valence-electron chi connectivity index (χ0n) is 25.2. The highest BCUT2D eigenvalue weighted by atomic mass is 32.2. The number of pyridine rings is 1. The number of nitrogens with zero attached hydrogens (tertiary/aromatic N) is 2. The van der Waals surface area contributed by atoms with Gasteiger partial charge in [0.2, 0.25) is 0 Å². The maximum atomic E-state index is 13.0. The molecule has 0 radical (unpaired) electrons. The molecular formula is C32H38N2O7S3. The van der Waals surface area contributed by atoms with Crippen LogP contribution in [0.1, 0.15) is 45.1 Å². The molecule has 0 amide bonds. The number of nitriles is 1. The van der Waals surface area contributed by atoms with Gasteiger partial charge in [0.05, 0.1) is 41.4 Å². The molecule has 3 rings (SSSR count). The van der Waals surface area contributed by atoms with Crippen LogP contribution < -0.4 is 4.74 Å². The highest BCUT2D eigenvalue weighted by molar-refractivity contribution is 8.00. The Kier molecular flexibility index (Phi) is 13.2. The van der Waals surface area contributed by atoms with Crippen molar-refractivity contribution in [3.05, 3.63) is 66.2 Å². The largest absolute Gasteiger partial charge is 0.497 e. The molecule has 3 aromatic rings. The average Bonchev–Trinajstić information content (AvgIpc) is 3.03. The van der Waals surface area contributed by atoms with E-state index in [9.17, 15) is 26.9 Å². The minimum Gasteiger partial charge on any atom is -0.497 e. The van der Waals surface area contributed by atoms with E-state index in [0.717, 1.165) is 22.9 Å². The average molecular weight is 659 g/mol. The van der Waals surface area contributed by atoms with E-state index in [4.69, 9.17) is 9.47 Å². The van der Waals surface area contributed by atoms with Gasteiger partial charge >= 0.3 is 5.97 Å². The molecule has 0 N–H and O–H groups in total. The van der Waals surface area contributed by atoms with Crippen molar-refractivity contribution in [2.75, 3.05) is 36.7 Å². The lowest BCUT2D eigenvalue weighted by Crippen LogP contribution is -2.37. The van der Waals surface area contributed by atoms with Crippen LogP contribution in [0.4, 0.5) is 0 Å². The Morgan fingerprint density at radius 3 is 2.23 bits per heavy atom. The molecule has 1 heterocycles. The van der Waals surface area contributed by atoms with Crippen LogP contribution in [0, 0.1) is 11.3 Å². The molecule has 2 aromatic carbocycles. The van der Waals surface area contributed by atoms with Crippen LogP contribution in [-0.2, 0) is 29.2 Å². The van der Waals surface area contributed by atoms with Gasteiger partial charge < -0.3 is 9.47 Å². The first-order valence-corrected chi connectivity index (χ1v) is 18.9. The lowest BCUT2D eigenvalue weighted by Gasteiger charge is -2.18. The second kappa shape index (κ2) is 16.6. The predicted octanol–water partition coefficient (Wildman–Crippen LogP) is 5.73. The Hall–Kier alpha value is -3.40. The van der Waals surface area contributed by atoms with Gasteiger partial charge in [-0.15, -0.1) is 0 Å². The Labute approximate surface area is 264 Å². The maximum Gasteiger partial charge on any atom is 0.316 e. The van der Waals surface area contributed by atoms with Crippen LogP contribution in [-0.4, -0.2) is 69.8 Å². The second-order valence-electron chi connectivity index (χ2n) is 10.2. The quantitative estimate of drug-likeness (QED) is 0.130. The van der Waals surface area contributed by atoms with E-state index in [1.807, 2.05) is 62.4 Å². The van der Waals surface area contributed by atoms with Crippen molar-refractivity contribution in [3.63, 3.8) is 0 Å². The zero-order valence-corrected chi connectivity index (χ0v) is 27.6. The molecule has 0 aliphatic carbocycles. The summed E-state index contributed by atoms with van der Waals surface area (Å²) in [5.74, 6) is -1.21.